The van der Waals surface area contributed by atoms with E-state index >= 15 is 0 Å². The van der Waals surface area contributed by atoms with Crippen LogP contribution in [-0.4, -0.2) is 77.5 Å². The van der Waals surface area contributed by atoms with Crippen LogP contribution in [0.4, 0.5) is 0 Å². The van der Waals surface area contributed by atoms with Crippen molar-refractivity contribution in [1.29, 1.82) is 0 Å². The Labute approximate surface area is 183 Å². The van der Waals surface area contributed by atoms with Crippen molar-refractivity contribution in [2.45, 2.75) is 45.1 Å². The van der Waals surface area contributed by atoms with Crippen molar-refractivity contribution in [2.24, 2.45) is 0 Å². The lowest BCUT2D eigenvalue weighted by Crippen LogP contribution is -2.59. The summed E-state index contributed by atoms with van der Waals surface area (Å²) in [6.07, 6.45) is 0.280. The van der Waals surface area contributed by atoms with Gasteiger partial charge in [-0.3, -0.25) is 9.58 Å². The molecular weight excluding hydrogens is 420 g/mol. The number of aromatic nitrogens is 2. The van der Waals surface area contributed by atoms with E-state index in [4.69, 9.17) is 4.74 Å². The van der Waals surface area contributed by atoms with Gasteiger partial charge < -0.3 is 14.9 Å². The molecule has 10 heteroatoms. The number of nitrogens with one attached hydrogen (secondary N) is 1. The van der Waals surface area contributed by atoms with Crippen LogP contribution in [0.25, 0.3) is 0 Å². The van der Waals surface area contributed by atoms with E-state index in [1.165, 1.54) is 0 Å². The molecule has 1 aromatic carbocycles. The number of benzene rings is 1. The van der Waals surface area contributed by atoms with E-state index in [1.54, 1.807) is 0 Å². The molecule has 0 amide bonds. The van der Waals surface area contributed by atoms with Gasteiger partial charge in [-0.2, -0.15) is 5.10 Å². The summed E-state index contributed by atoms with van der Waals surface area (Å²) in [4.78, 5) is 2.04. The molecule has 2 aromatic rings. The van der Waals surface area contributed by atoms with Gasteiger partial charge in [0.15, 0.2) is 0 Å². The van der Waals surface area contributed by atoms with Crippen molar-refractivity contribution in [3.63, 3.8) is 0 Å². The summed E-state index contributed by atoms with van der Waals surface area (Å²) in [6.45, 7) is 6.46. The second-order valence-electron chi connectivity index (χ2n) is 8.34. The Morgan fingerprint density at radius 3 is 2.58 bits per heavy atom. The van der Waals surface area contributed by atoms with Crippen molar-refractivity contribution in [2.75, 3.05) is 32.5 Å². The van der Waals surface area contributed by atoms with Crippen molar-refractivity contribution >= 4 is 10.0 Å². The average molecular weight is 453 g/mol. The first-order valence-corrected chi connectivity index (χ1v) is 12.2. The Kier molecular flexibility index (Phi) is 7.38. The maximum atomic E-state index is 11.3. The Hall–Kier alpha value is -1.98. The molecule has 2 heterocycles. The van der Waals surface area contributed by atoms with E-state index in [0.717, 1.165) is 29.0 Å². The molecular formula is C21H32N4O5S. The number of aliphatic hydroxyl groups excluding tert-OH is 1. The fraction of sp³-hybridized carbons (Fsp3) is 0.571. The van der Waals surface area contributed by atoms with E-state index in [1.807, 2.05) is 53.8 Å². The van der Waals surface area contributed by atoms with Crippen molar-refractivity contribution in [1.82, 2.24) is 19.4 Å². The van der Waals surface area contributed by atoms with E-state index in [0.29, 0.717) is 26.2 Å². The van der Waals surface area contributed by atoms with E-state index < -0.39 is 21.7 Å². The van der Waals surface area contributed by atoms with Crippen molar-refractivity contribution in [3.8, 4) is 5.75 Å². The molecule has 9 nitrogen and oxygen atoms in total. The summed E-state index contributed by atoms with van der Waals surface area (Å²) >= 11 is 0. The van der Waals surface area contributed by atoms with Crippen LogP contribution in [0.15, 0.2) is 30.3 Å². The zero-order valence-corrected chi connectivity index (χ0v) is 19.1. The lowest BCUT2D eigenvalue weighted by Gasteiger charge is -2.42. The number of aryl methyl sites for hydroxylation is 2. The molecule has 3 rings (SSSR count). The number of sulfonamides is 1. The lowest BCUT2D eigenvalue weighted by atomic mass is 9.88. The summed E-state index contributed by atoms with van der Waals surface area (Å²) in [5.41, 5.74) is 1.72. The third-order valence-corrected chi connectivity index (χ3v) is 6.23. The molecule has 1 saturated heterocycles. The normalized spacial score (nSPS) is 22.5. The summed E-state index contributed by atoms with van der Waals surface area (Å²) in [6, 6.07) is 9.84. The molecule has 1 aliphatic rings. The molecule has 0 aliphatic carbocycles. The smallest absolute Gasteiger partial charge is 0.208 e. The highest BCUT2D eigenvalue weighted by atomic mass is 32.2. The van der Waals surface area contributed by atoms with Crippen LogP contribution in [-0.2, 0) is 23.1 Å². The molecule has 1 aromatic heterocycles. The maximum Gasteiger partial charge on any atom is 0.208 e. The number of hydrogen-bond donors (Lipinski definition) is 3. The highest BCUT2D eigenvalue weighted by Gasteiger charge is 2.40. The molecule has 172 valence electrons. The predicted molar refractivity (Wildman–Crippen MR) is 117 cm³/mol. The highest BCUT2D eigenvalue weighted by molar-refractivity contribution is 7.88. The van der Waals surface area contributed by atoms with Gasteiger partial charge in [-0.25, -0.2) is 13.1 Å². The number of ether oxygens (including phenoxy) is 1. The Morgan fingerprint density at radius 1 is 1.29 bits per heavy atom. The average Bonchev–Trinajstić information content (AvgIpc) is 3.01. The summed E-state index contributed by atoms with van der Waals surface area (Å²) in [7, 11) is -3.43. The highest BCUT2D eigenvalue weighted by Crippen LogP contribution is 2.24. The molecule has 0 saturated carbocycles. The van der Waals surface area contributed by atoms with Gasteiger partial charge in [-0.05, 0) is 44.0 Å². The first-order chi connectivity index (χ1) is 14.5. The van der Waals surface area contributed by atoms with Gasteiger partial charge >= 0.3 is 0 Å². The predicted octanol–water partition coefficient (Wildman–Crippen LogP) is 0.426. The largest absolute Gasteiger partial charge is 0.492 e. The number of piperidine rings is 1. The topological polar surface area (TPSA) is 117 Å². The standard InChI is InChI=1S/C21H32N4O5S/c1-16-12-17(2)25(23-16)10-11-30-19-6-4-18(5-7-19)13-24-9-8-21(27,20(26)14-24)15-22-31(3,28)29/h4-7,12,20,22,26-27H,8-11,13-15H2,1-3H3/t20-,21-/m1/s1. The summed E-state index contributed by atoms with van der Waals surface area (Å²) in [5.74, 6) is 0.783. The van der Waals surface area contributed by atoms with Crippen LogP contribution in [0, 0.1) is 13.8 Å². The first-order valence-electron chi connectivity index (χ1n) is 10.3. The second-order valence-corrected chi connectivity index (χ2v) is 10.2. The number of likely N-dealkylation sites (tertiary alicyclic amines) is 1. The molecule has 1 aliphatic heterocycles. The van der Waals surface area contributed by atoms with E-state index in [-0.39, 0.29) is 19.5 Å². The molecule has 3 N–H and O–H groups in total. The lowest BCUT2D eigenvalue weighted by molar-refractivity contribution is -0.115. The van der Waals surface area contributed by atoms with Gasteiger partial charge in [0, 0.05) is 31.9 Å². The summed E-state index contributed by atoms with van der Waals surface area (Å²) < 4.78 is 32.6. The number of aliphatic hydroxyl groups is 2. The second kappa shape index (κ2) is 9.66. The fourth-order valence-corrected chi connectivity index (χ4v) is 4.24. The minimum atomic E-state index is -3.43. The van der Waals surface area contributed by atoms with Gasteiger partial charge in [-0.15, -0.1) is 0 Å². The van der Waals surface area contributed by atoms with E-state index in [9.17, 15) is 18.6 Å². The van der Waals surface area contributed by atoms with Gasteiger partial charge in [0.2, 0.25) is 10.0 Å². The third-order valence-electron chi connectivity index (χ3n) is 5.56. The molecule has 1 fully saturated rings. The monoisotopic (exact) mass is 452 g/mol. The quantitative estimate of drug-likeness (QED) is 0.505. The van der Waals surface area contributed by atoms with Crippen LogP contribution in [0.2, 0.25) is 0 Å². The molecule has 0 spiro atoms. The minimum Gasteiger partial charge on any atom is -0.492 e. The van der Waals surface area contributed by atoms with Crippen LogP contribution in [0.3, 0.4) is 0 Å². The van der Waals surface area contributed by atoms with Gasteiger partial charge in [0.25, 0.3) is 0 Å². The minimum absolute atomic E-state index is 0.190. The molecule has 2 atom stereocenters. The van der Waals surface area contributed by atoms with Crippen LogP contribution >= 0.6 is 0 Å². The number of β-amino-alcohol motifs (C(OH)–C–C–N with tert-alkyl or cyclic N) is 1. The van der Waals surface area contributed by atoms with Crippen LogP contribution < -0.4 is 9.46 Å². The Bertz CT molecular complexity index is 976. The SMILES string of the molecule is Cc1cc(C)n(CCOc2ccc(CN3CC[C@@](O)(CNS(C)(=O)=O)[C@H](O)C3)cc2)n1. The summed E-state index contributed by atoms with van der Waals surface area (Å²) in [5, 5.41) is 25.4. The molecule has 0 radical (unpaired) electrons. The van der Waals surface area contributed by atoms with Crippen LogP contribution in [0.5, 0.6) is 5.75 Å². The zero-order chi connectivity index (χ0) is 22.6. The van der Waals surface area contributed by atoms with Crippen molar-refractivity contribution < 1.29 is 23.4 Å². The van der Waals surface area contributed by atoms with Gasteiger partial charge in [-0.1, -0.05) is 12.1 Å². The number of nitrogens with zero attached hydrogens (tertiary/aromatic N) is 3. The van der Waals surface area contributed by atoms with Crippen LogP contribution in [0.1, 0.15) is 23.4 Å². The maximum absolute atomic E-state index is 11.3. The zero-order valence-electron chi connectivity index (χ0n) is 18.3. The van der Waals surface area contributed by atoms with Gasteiger partial charge in [0.1, 0.15) is 18.0 Å². The molecule has 0 unspecified atom stereocenters. The molecule has 0 bridgehead atoms. The van der Waals surface area contributed by atoms with E-state index in [2.05, 4.69) is 9.82 Å². The fourth-order valence-electron chi connectivity index (χ4n) is 3.73. The Balaban J connectivity index is 1.46. The molecule has 31 heavy (non-hydrogen) atoms. The number of rotatable bonds is 9. The van der Waals surface area contributed by atoms with Crippen molar-refractivity contribution in [3.05, 3.63) is 47.3 Å². The first kappa shape index (κ1) is 23.7. The van der Waals surface area contributed by atoms with Gasteiger partial charge in [0.05, 0.1) is 24.6 Å². The third kappa shape index (κ3) is 6.75. The number of hydrogen-bond acceptors (Lipinski definition) is 7. The Morgan fingerprint density at radius 2 is 2.00 bits per heavy atom.